The summed E-state index contributed by atoms with van der Waals surface area (Å²) in [5.74, 6) is 0. The number of hydrogen-bond donors (Lipinski definition) is 0. The third-order valence-electron chi connectivity index (χ3n) is 4.90. The molecule has 2 aromatic carbocycles. The van der Waals surface area contributed by atoms with Crippen LogP contribution in [0.5, 0.6) is 0 Å². The molecule has 0 amide bonds. The smallest absolute Gasteiger partial charge is 0.232 e. The van der Waals surface area contributed by atoms with Crippen LogP contribution in [0.25, 0.3) is 0 Å². The van der Waals surface area contributed by atoms with Crippen LogP contribution in [0.2, 0.25) is 0 Å². The summed E-state index contributed by atoms with van der Waals surface area (Å²) >= 11 is 0. The molecule has 1 unspecified atom stereocenters. The summed E-state index contributed by atoms with van der Waals surface area (Å²) in [5.41, 5.74) is 0.0844. The first kappa shape index (κ1) is 17.9. The maximum absolute atomic E-state index is 2.34. The van der Waals surface area contributed by atoms with E-state index in [1.807, 2.05) is 0 Å². The quantitative estimate of drug-likeness (QED) is 0.465. The van der Waals surface area contributed by atoms with Gasteiger partial charge in [-0.3, -0.25) is 0 Å². The number of benzene rings is 2. The van der Waals surface area contributed by atoms with E-state index in [-0.39, 0.29) is 11.6 Å². The predicted octanol–water partition coefficient (Wildman–Crippen LogP) is 4.66. The minimum absolute atomic E-state index is 0.0844. The van der Waals surface area contributed by atoms with E-state index in [9.17, 15) is 0 Å². The molecule has 136 valence electrons. The first-order chi connectivity index (χ1) is 13.0. The van der Waals surface area contributed by atoms with Crippen LogP contribution in [0.4, 0.5) is 0 Å². The van der Waals surface area contributed by atoms with E-state index in [0.29, 0.717) is 0 Å². The van der Waals surface area contributed by atoms with Gasteiger partial charge in [0.1, 0.15) is 24.0 Å². The molecular formula is C24H26N2P+. The van der Waals surface area contributed by atoms with Gasteiger partial charge in [0.25, 0.3) is 0 Å². The number of nitrogens with zero attached hydrogens (tertiary/aromatic N) is 2. The first-order valence-corrected chi connectivity index (χ1v) is 10.8. The van der Waals surface area contributed by atoms with E-state index >= 15 is 0 Å². The monoisotopic (exact) mass is 373 g/mol. The summed E-state index contributed by atoms with van der Waals surface area (Å²) in [6, 6.07) is 22.1. The highest BCUT2D eigenvalue weighted by Crippen LogP contribution is 2.49. The standard InChI is InChI=1S/C24H26N2P/c1-24(2,3)26-18-17-25(19-26)22-15-10-16-23(22)27(20-11-6-4-7-12-20)21-13-8-5-9-14-21/h4-19,22H,1-3H3/q+1. The third kappa shape index (κ3) is 3.68. The van der Waals surface area contributed by atoms with E-state index in [0.717, 1.165) is 0 Å². The van der Waals surface area contributed by atoms with Crippen LogP contribution in [0.3, 0.4) is 0 Å². The van der Waals surface area contributed by atoms with Crippen LogP contribution in [0, 0.1) is 0 Å². The molecule has 1 aromatic heterocycles. The normalized spacial score (nSPS) is 16.7. The van der Waals surface area contributed by atoms with Gasteiger partial charge in [-0.15, -0.1) is 0 Å². The van der Waals surface area contributed by atoms with Crippen molar-refractivity contribution in [2.45, 2.75) is 32.4 Å². The summed E-state index contributed by atoms with van der Waals surface area (Å²) < 4.78 is 4.62. The van der Waals surface area contributed by atoms with Crippen molar-refractivity contribution in [3.8, 4) is 0 Å². The fourth-order valence-corrected chi connectivity index (χ4v) is 6.00. The van der Waals surface area contributed by atoms with Crippen LogP contribution >= 0.6 is 7.92 Å². The van der Waals surface area contributed by atoms with E-state index in [1.165, 1.54) is 15.9 Å². The molecule has 2 nitrogen and oxygen atoms in total. The molecule has 0 N–H and O–H groups in total. The van der Waals surface area contributed by atoms with E-state index < -0.39 is 7.92 Å². The van der Waals surface area contributed by atoms with Crippen molar-refractivity contribution in [1.29, 1.82) is 0 Å². The average Bonchev–Trinajstić information content (AvgIpc) is 3.33. The van der Waals surface area contributed by atoms with Gasteiger partial charge >= 0.3 is 0 Å². The van der Waals surface area contributed by atoms with Gasteiger partial charge < -0.3 is 0 Å². The molecule has 1 aliphatic rings. The lowest BCUT2D eigenvalue weighted by Crippen LogP contribution is -2.38. The summed E-state index contributed by atoms with van der Waals surface area (Å²) in [5, 5.41) is 4.27. The summed E-state index contributed by atoms with van der Waals surface area (Å²) in [7, 11) is -0.565. The van der Waals surface area contributed by atoms with E-state index in [4.69, 9.17) is 0 Å². The van der Waals surface area contributed by atoms with Gasteiger partial charge in [-0.1, -0.05) is 72.8 Å². The van der Waals surface area contributed by atoms with Crippen LogP contribution in [0.15, 0.2) is 103 Å². The van der Waals surface area contributed by atoms with Crippen molar-refractivity contribution in [2.24, 2.45) is 0 Å². The highest BCUT2D eigenvalue weighted by atomic mass is 31.1. The molecule has 0 fully saturated rings. The Morgan fingerprint density at radius 2 is 1.48 bits per heavy atom. The van der Waals surface area contributed by atoms with Crippen LogP contribution in [-0.4, -0.2) is 4.57 Å². The van der Waals surface area contributed by atoms with E-state index in [1.54, 1.807) is 0 Å². The Morgan fingerprint density at radius 3 is 2.00 bits per heavy atom. The maximum Gasteiger partial charge on any atom is 0.244 e. The summed E-state index contributed by atoms with van der Waals surface area (Å²) in [6.07, 6.45) is 13.4. The Morgan fingerprint density at radius 1 is 0.889 bits per heavy atom. The van der Waals surface area contributed by atoms with Crippen LogP contribution in [-0.2, 0) is 5.54 Å². The molecule has 1 aliphatic carbocycles. The van der Waals surface area contributed by atoms with Gasteiger partial charge in [-0.25, -0.2) is 9.13 Å². The average molecular weight is 373 g/mol. The number of hydrogen-bond acceptors (Lipinski definition) is 0. The molecule has 27 heavy (non-hydrogen) atoms. The molecule has 3 heteroatoms. The second-order valence-electron chi connectivity index (χ2n) is 7.87. The lowest BCUT2D eigenvalue weighted by atomic mass is 10.1. The van der Waals surface area contributed by atoms with Gasteiger partial charge in [0, 0.05) is 5.31 Å². The fraction of sp³-hybridized carbons (Fsp3) is 0.208. The van der Waals surface area contributed by atoms with Crippen molar-refractivity contribution in [3.05, 3.63) is 103 Å². The minimum Gasteiger partial charge on any atom is -0.232 e. The zero-order valence-electron chi connectivity index (χ0n) is 16.2. The van der Waals surface area contributed by atoms with Gasteiger partial charge in [0.2, 0.25) is 6.33 Å². The molecule has 1 heterocycles. The molecule has 0 saturated carbocycles. The van der Waals surface area contributed by atoms with E-state index in [2.05, 4.69) is 128 Å². The highest BCUT2D eigenvalue weighted by molar-refractivity contribution is 7.76. The molecule has 0 bridgehead atoms. The Labute approximate surface area is 163 Å². The second-order valence-corrected chi connectivity index (χ2v) is 10.1. The second kappa shape index (κ2) is 7.29. The Kier molecular flexibility index (Phi) is 4.85. The summed E-state index contributed by atoms with van der Waals surface area (Å²) in [6.45, 7) is 6.71. The van der Waals surface area contributed by atoms with Crippen LogP contribution < -0.4 is 15.2 Å². The molecule has 4 rings (SSSR count). The first-order valence-electron chi connectivity index (χ1n) is 9.42. The Hall–Kier alpha value is -2.44. The lowest BCUT2D eigenvalue weighted by molar-refractivity contribution is -0.702. The van der Waals surface area contributed by atoms with Gasteiger partial charge in [0.15, 0.2) is 0 Å². The van der Waals surface area contributed by atoms with Crippen molar-refractivity contribution in [2.75, 3.05) is 0 Å². The Balaban J connectivity index is 1.75. The molecular weight excluding hydrogens is 347 g/mol. The van der Waals surface area contributed by atoms with Crippen molar-refractivity contribution < 1.29 is 4.57 Å². The number of aromatic nitrogens is 2. The minimum atomic E-state index is -0.565. The predicted molar refractivity (Wildman–Crippen MR) is 115 cm³/mol. The molecule has 1 atom stereocenters. The Bertz CT molecular complexity index is 923. The zero-order chi connectivity index (χ0) is 18.9. The number of rotatable bonds is 4. The van der Waals surface area contributed by atoms with Gasteiger partial charge in [0.05, 0.1) is 0 Å². The highest BCUT2D eigenvalue weighted by Gasteiger charge is 2.31. The largest absolute Gasteiger partial charge is 0.244 e. The van der Waals surface area contributed by atoms with Crippen LogP contribution in [0.1, 0.15) is 26.8 Å². The lowest BCUT2D eigenvalue weighted by Gasteiger charge is -2.23. The fourth-order valence-electron chi connectivity index (χ4n) is 3.45. The third-order valence-corrected chi connectivity index (χ3v) is 7.46. The molecule has 0 spiro atoms. The van der Waals surface area contributed by atoms with Gasteiger partial charge in [-0.05, 0) is 45.4 Å². The van der Waals surface area contributed by atoms with Gasteiger partial charge in [-0.2, -0.15) is 0 Å². The molecule has 0 saturated heterocycles. The summed E-state index contributed by atoms with van der Waals surface area (Å²) in [4.78, 5) is 0. The zero-order valence-corrected chi connectivity index (χ0v) is 17.1. The van der Waals surface area contributed by atoms with Crippen molar-refractivity contribution in [1.82, 2.24) is 4.57 Å². The van der Waals surface area contributed by atoms with Crippen molar-refractivity contribution >= 4 is 18.5 Å². The SMILES string of the molecule is CC(C)(C)n1cc[n+](C2C=CC=C2P(c2ccccc2)c2ccccc2)c1. The molecule has 0 aliphatic heterocycles. The number of imidazole rings is 1. The maximum atomic E-state index is 2.34. The molecule has 3 aromatic rings. The van der Waals surface area contributed by atoms with Crippen molar-refractivity contribution in [3.63, 3.8) is 0 Å². The number of allylic oxidation sites excluding steroid dienone is 4. The molecule has 0 radical (unpaired) electrons. The topological polar surface area (TPSA) is 8.81 Å².